The van der Waals surface area contributed by atoms with Crippen LogP contribution in [0.4, 0.5) is 0 Å². The molecule has 20 heavy (non-hydrogen) atoms. The van der Waals surface area contributed by atoms with Crippen LogP contribution in [-0.2, 0) is 9.53 Å². The van der Waals surface area contributed by atoms with Gasteiger partial charge in [-0.05, 0) is 32.6 Å². The van der Waals surface area contributed by atoms with E-state index in [1.165, 1.54) is 38.5 Å². The van der Waals surface area contributed by atoms with Crippen molar-refractivity contribution in [2.75, 3.05) is 6.61 Å². The topological polar surface area (TPSA) is 26.3 Å². The third-order valence-electron chi connectivity index (χ3n) is 3.18. The molecule has 2 heteroatoms. The van der Waals surface area contributed by atoms with Crippen LogP contribution >= 0.6 is 0 Å². The smallest absolute Gasteiger partial charge is 0.305 e. The lowest BCUT2D eigenvalue weighted by Crippen LogP contribution is -2.03. The Labute approximate surface area is 125 Å². The second-order valence-corrected chi connectivity index (χ2v) is 5.08. The minimum Gasteiger partial charge on any atom is -0.466 e. The van der Waals surface area contributed by atoms with Gasteiger partial charge in [0.2, 0.25) is 0 Å². The molecule has 0 aromatic carbocycles. The van der Waals surface area contributed by atoms with Gasteiger partial charge in [-0.2, -0.15) is 0 Å². The molecular formula is C18H32O2. The molecule has 2 nitrogen and oxygen atoms in total. The van der Waals surface area contributed by atoms with E-state index < -0.39 is 0 Å². The number of hydrogen-bond donors (Lipinski definition) is 0. The number of unbranched alkanes of at least 4 members (excludes halogenated alkanes) is 7. The van der Waals surface area contributed by atoms with Crippen molar-refractivity contribution in [2.24, 2.45) is 0 Å². The molecule has 116 valence electrons. The summed E-state index contributed by atoms with van der Waals surface area (Å²) in [6.45, 7) is 4.51. The van der Waals surface area contributed by atoms with Crippen LogP contribution in [0.2, 0.25) is 0 Å². The molecule has 0 atom stereocenters. The Hall–Kier alpha value is -1.05. The van der Waals surface area contributed by atoms with Crippen LogP contribution in [0.5, 0.6) is 0 Å². The first-order valence-electron chi connectivity index (χ1n) is 8.28. The molecule has 0 aromatic heterocycles. The Bertz CT molecular complexity index is 267. The second-order valence-electron chi connectivity index (χ2n) is 5.08. The van der Waals surface area contributed by atoms with Gasteiger partial charge in [-0.25, -0.2) is 0 Å². The molecule has 0 saturated heterocycles. The molecule has 0 heterocycles. The van der Waals surface area contributed by atoms with Gasteiger partial charge in [0.25, 0.3) is 0 Å². The monoisotopic (exact) mass is 280 g/mol. The van der Waals surface area contributed by atoms with E-state index in [1.807, 2.05) is 6.92 Å². The van der Waals surface area contributed by atoms with Crippen molar-refractivity contribution < 1.29 is 9.53 Å². The number of rotatable bonds is 13. The average molecular weight is 280 g/mol. The van der Waals surface area contributed by atoms with E-state index in [4.69, 9.17) is 4.74 Å². The lowest BCUT2D eigenvalue weighted by Gasteiger charge is -2.02. The fourth-order valence-corrected chi connectivity index (χ4v) is 2.04. The van der Waals surface area contributed by atoms with Crippen molar-refractivity contribution in [1.29, 1.82) is 0 Å². The molecule has 0 bridgehead atoms. The summed E-state index contributed by atoms with van der Waals surface area (Å²) >= 11 is 0. The maximum atomic E-state index is 11.1. The summed E-state index contributed by atoms with van der Waals surface area (Å²) in [7, 11) is 0. The molecular weight excluding hydrogens is 248 g/mol. The van der Waals surface area contributed by atoms with Crippen LogP contribution in [0.3, 0.4) is 0 Å². The third kappa shape index (κ3) is 15.0. The summed E-state index contributed by atoms with van der Waals surface area (Å²) in [5, 5.41) is 0. The highest BCUT2D eigenvalue weighted by atomic mass is 16.5. The molecule has 0 unspecified atom stereocenters. The Balaban J connectivity index is 3.15. The number of hydrogen-bond acceptors (Lipinski definition) is 2. The minimum absolute atomic E-state index is 0.0450. The Morgan fingerprint density at radius 2 is 1.45 bits per heavy atom. The third-order valence-corrected chi connectivity index (χ3v) is 3.18. The normalized spacial score (nSPS) is 11.5. The van der Waals surface area contributed by atoms with Gasteiger partial charge in [0.15, 0.2) is 0 Å². The molecule has 0 aromatic rings. The quantitative estimate of drug-likeness (QED) is 0.250. The van der Waals surface area contributed by atoms with Gasteiger partial charge in [0.05, 0.1) is 6.61 Å². The number of esters is 1. The average Bonchev–Trinajstić information content (AvgIpc) is 2.44. The molecule has 0 rings (SSSR count). The van der Waals surface area contributed by atoms with E-state index in [9.17, 15) is 4.79 Å². The summed E-state index contributed by atoms with van der Waals surface area (Å²) in [6.07, 6.45) is 20.2. The van der Waals surface area contributed by atoms with Crippen molar-refractivity contribution in [3.05, 3.63) is 24.3 Å². The van der Waals surface area contributed by atoms with Crippen LogP contribution in [0.25, 0.3) is 0 Å². The van der Waals surface area contributed by atoms with E-state index in [1.54, 1.807) is 0 Å². The van der Waals surface area contributed by atoms with E-state index >= 15 is 0 Å². The summed E-state index contributed by atoms with van der Waals surface area (Å²) in [4.78, 5) is 11.1. The molecule has 0 amide bonds. The second kappa shape index (κ2) is 16.0. The van der Waals surface area contributed by atoms with E-state index in [2.05, 4.69) is 31.2 Å². The van der Waals surface area contributed by atoms with Gasteiger partial charge in [0.1, 0.15) is 0 Å². The summed E-state index contributed by atoms with van der Waals surface area (Å²) in [6, 6.07) is 0. The SMILES string of the molecule is CC/C=C\C=C/CCCCCCCCCC(=O)OCC. The molecule has 0 fully saturated rings. The fraction of sp³-hybridized carbons (Fsp3) is 0.722. The predicted octanol–water partition coefficient (Wildman–Crippen LogP) is 5.58. The number of allylic oxidation sites excluding steroid dienone is 4. The fourth-order valence-electron chi connectivity index (χ4n) is 2.04. The largest absolute Gasteiger partial charge is 0.466 e. The Kier molecular flexibility index (Phi) is 15.2. The van der Waals surface area contributed by atoms with E-state index in [-0.39, 0.29) is 5.97 Å². The standard InChI is InChI=1S/C18H32O2/c1-3-5-6-7-8-9-10-11-12-13-14-15-16-17-18(19)20-4-2/h5-8H,3-4,9-17H2,1-2H3/b6-5-,8-7-. The van der Waals surface area contributed by atoms with Crippen molar-refractivity contribution in [3.8, 4) is 0 Å². The maximum absolute atomic E-state index is 11.1. The molecule has 0 aliphatic rings. The number of carbonyl (C=O) groups is 1. The van der Waals surface area contributed by atoms with Crippen molar-refractivity contribution in [1.82, 2.24) is 0 Å². The Morgan fingerprint density at radius 1 is 0.850 bits per heavy atom. The van der Waals surface area contributed by atoms with Gasteiger partial charge in [-0.1, -0.05) is 63.3 Å². The minimum atomic E-state index is -0.0450. The summed E-state index contributed by atoms with van der Waals surface area (Å²) < 4.78 is 4.90. The Morgan fingerprint density at radius 3 is 2.10 bits per heavy atom. The highest BCUT2D eigenvalue weighted by molar-refractivity contribution is 5.69. The molecule has 0 N–H and O–H groups in total. The van der Waals surface area contributed by atoms with Crippen LogP contribution < -0.4 is 0 Å². The first kappa shape index (κ1) is 18.9. The van der Waals surface area contributed by atoms with Crippen molar-refractivity contribution >= 4 is 5.97 Å². The zero-order valence-electron chi connectivity index (χ0n) is 13.4. The first-order valence-corrected chi connectivity index (χ1v) is 8.28. The van der Waals surface area contributed by atoms with Gasteiger partial charge < -0.3 is 4.74 Å². The highest BCUT2D eigenvalue weighted by Gasteiger charge is 2.00. The lowest BCUT2D eigenvalue weighted by molar-refractivity contribution is -0.143. The summed E-state index contributed by atoms with van der Waals surface area (Å²) in [5.74, 6) is -0.0450. The number of ether oxygens (including phenoxy) is 1. The maximum Gasteiger partial charge on any atom is 0.305 e. The first-order chi connectivity index (χ1) is 9.81. The predicted molar refractivity (Wildman–Crippen MR) is 86.8 cm³/mol. The van der Waals surface area contributed by atoms with Gasteiger partial charge >= 0.3 is 5.97 Å². The molecule has 0 spiro atoms. The van der Waals surface area contributed by atoms with Gasteiger partial charge in [0, 0.05) is 6.42 Å². The zero-order valence-corrected chi connectivity index (χ0v) is 13.4. The van der Waals surface area contributed by atoms with Gasteiger partial charge in [-0.3, -0.25) is 4.79 Å². The lowest BCUT2D eigenvalue weighted by atomic mass is 10.1. The van der Waals surface area contributed by atoms with Crippen molar-refractivity contribution in [2.45, 2.75) is 78.1 Å². The number of carbonyl (C=O) groups excluding carboxylic acids is 1. The molecule has 0 aliphatic carbocycles. The van der Waals surface area contributed by atoms with E-state index in [0.29, 0.717) is 13.0 Å². The van der Waals surface area contributed by atoms with Crippen LogP contribution in [0, 0.1) is 0 Å². The van der Waals surface area contributed by atoms with Crippen LogP contribution in [0.15, 0.2) is 24.3 Å². The zero-order chi connectivity index (χ0) is 14.9. The highest BCUT2D eigenvalue weighted by Crippen LogP contribution is 2.10. The van der Waals surface area contributed by atoms with Crippen molar-refractivity contribution in [3.63, 3.8) is 0 Å². The molecule has 0 radical (unpaired) electrons. The van der Waals surface area contributed by atoms with Crippen LogP contribution in [-0.4, -0.2) is 12.6 Å². The molecule has 0 saturated carbocycles. The molecule has 0 aliphatic heterocycles. The van der Waals surface area contributed by atoms with E-state index in [0.717, 1.165) is 19.3 Å². The summed E-state index contributed by atoms with van der Waals surface area (Å²) in [5.41, 5.74) is 0. The van der Waals surface area contributed by atoms with Gasteiger partial charge in [-0.15, -0.1) is 0 Å². The van der Waals surface area contributed by atoms with Crippen LogP contribution in [0.1, 0.15) is 78.1 Å².